The molecule has 4 fully saturated rings. The number of hydrogen-bond acceptors (Lipinski definition) is 21. The highest BCUT2D eigenvalue weighted by molar-refractivity contribution is 8.00. The van der Waals surface area contributed by atoms with Gasteiger partial charge in [-0.3, -0.25) is 0 Å². The molecule has 4 aliphatic heterocycles. The largest absolute Gasteiger partial charge is 0.394 e. The number of aliphatic hydroxyl groups is 14. The standard InChI is InChI=1S/C24H42O19S2/c25-1-5-9(29)10(30)16(36)23(41-5)45-20-8(4-28)40-22(15(35)13(20)33)43-18-6(2-26)42-24(17(37)11(18)31)44-19-7(3-27)39-21(38)14(34)12(19)32/h5-38H,1-4H2/t5-,6-,7-,8-,9-,10+,11-,12-,13-,14-,15-,16-,17-,18-,19-,20-,21-,22+,23+,24+/m1/s1. The summed E-state index contributed by atoms with van der Waals surface area (Å²) in [5.41, 5.74) is -2.74. The van der Waals surface area contributed by atoms with Crippen LogP contribution in [-0.4, -0.2) is 217 Å². The van der Waals surface area contributed by atoms with Crippen LogP contribution in [0.2, 0.25) is 0 Å². The Balaban J connectivity index is 1.43. The average molecular weight is 699 g/mol. The van der Waals surface area contributed by atoms with Crippen molar-refractivity contribution in [3.05, 3.63) is 0 Å². The molecule has 0 unspecified atom stereocenters. The zero-order valence-corrected chi connectivity index (χ0v) is 25.1. The number of ether oxygens (including phenoxy) is 5. The molecule has 0 aliphatic carbocycles. The van der Waals surface area contributed by atoms with Crippen LogP contribution in [0, 0.1) is 0 Å². The van der Waals surface area contributed by atoms with Crippen molar-refractivity contribution < 1.29 is 95.2 Å². The quantitative estimate of drug-likeness (QED) is 0.101. The van der Waals surface area contributed by atoms with Crippen molar-refractivity contribution in [2.24, 2.45) is 0 Å². The maximum absolute atomic E-state index is 10.9. The van der Waals surface area contributed by atoms with E-state index < -0.39 is 146 Å². The van der Waals surface area contributed by atoms with Gasteiger partial charge in [0.25, 0.3) is 0 Å². The molecule has 21 heteroatoms. The second-order valence-electron chi connectivity index (χ2n) is 11.1. The molecule has 0 aromatic heterocycles. The van der Waals surface area contributed by atoms with Crippen LogP contribution in [0.3, 0.4) is 0 Å². The molecule has 4 aliphatic rings. The molecule has 0 saturated carbocycles. The molecule has 19 nitrogen and oxygen atoms in total. The molecule has 264 valence electrons. The maximum Gasteiger partial charge on any atom is 0.187 e. The summed E-state index contributed by atoms with van der Waals surface area (Å²) < 4.78 is 27.5. The molecule has 0 aromatic rings. The van der Waals surface area contributed by atoms with Gasteiger partial charge in [-0.05, 0) is 0 Å². The Morgan fingerprint density at radius 3 is 1.42 bits per heavy atom. The summed E-state index contributed by atoms with van der Waals surface area (Å²) in [6.45, 7) is -2.99. The zero-order chi connectivity index (χ0) is 33.3. The third kappa shape index (κ3) is 7.74. The van der Waals surface area contributed by atoms with Gasteiger partial charge >= 0.3 is 0 Å². The first-order chi connectivity index (χ1) is 21.3. The summed E-state index contributed by atoms with van der Waals surface area (Å²) in [5.74, 6) is 0. The van der Waals surface area contributed by atoms with Crippen LogP contribution >= 0.6 is 23.5 Å². The first-order valence-electron chi connectivity index (χ1n) is 14.1. The van der Waals surface area contributed by atoms with Gasteiger partial charge in [0, 0.05) is 0 Å². The molecular formula is C24H42O19S2. The van der Waals surface area contributed by atoms with Crippen molar-refractivity contribution in [3.8, 4) is 0 Å². The van der Waals surface area contributed by atoms with Crippen LogP contribution in [-0.2, 0) is 23.7 Å². The predicted molar refractivity (Wildman–Crippen MR) is 147 cm³/mol. The molecule has 20 atom stereocenters. The molecular weight excluding hydrogens is 656 g/mol. The summed E-state index contributed by atoms with van der Waals surface area (Å²) >= 11 is 1.30. The highest BCUT2D eigenvalue weighted by Gasteiger charge is 2.54. The second-order valence-corrected chi connectivity index (χ2v) is 13.7. The number of rotatable bonds is 10. The van der Waals surface area contributed by atoms with Crippen LogP contribution in [0.4, 0.5) is 0 Å². The van der Waals surface area contributed by atoms with Gasteiger partial charge in [0.15, 0.2) is 12.6 Å². The van der Waals surface area contributed by atoms with Gasteiger partial charge in [0.2, 0.25) is 0 Å². The molecule has 4 saturated heterocycles. The molecule has 4 rings (SSSR count). The normalized spacial score (nSPS) is 52.9. The molecule has 0 radical (unpaired) electrons. The summed E-state index contributed by atoms with van der Waals surface area (Å²) in [6.07, 6.45) is -26.1. The number of thioether (sulfide) groups is 2. The van der Waals surface area contributed by atoms with Crippen molar-refractivity contribution in [2.75, 3.05) is 26.4 Å². The van der Waals surface area contributed by atoms with E-state index in [0.717, 1.165) is 0 Å². The van der Waals surface area contributed by atoms with Gasteiger partial charge in [-0.1, -0.05) is 0 Å². The molecule has 0 bridgehead atoms. The molecule has 45 heavy (non-hydrogen) atoms. The van der Waals surface area contributed by atoms with Gasteiger partial charge in [-0.2, -0.15) is 0 Å². The monoisotopic (exact) mass is 698 g/mol. The minimum Gasteiger partial charge on any atom is -0.394 e. The predicted octanol–water partition coefficient (Wildman–Crippen LogP) is -8.32. The summed E-state index contributed by atoms with van der Waals surface area (Å²) in [6, 6.07) is 0. The first kappa shape index (κ1) is 37.8. The highest BCUT2D eigenvalue weighted by Crippen LogP contribution is 2.41. The Morgan fingerprint density at radius 2 is 0.889 bits per heavy atom. The Morgan fingerprint density at radius 1 is 0.422 bits per heavy atom. The van der Waals surface area contributed by atoms with Crippen LogP contribution in [0.25, 0.3) is 0 Å². The van der Waals surface area contributed by atoms with E-state index >= 15 is 0 Å². The zero-order valence-electron chi connectivity index (χ0n) is 23.5. The fourth-order valence-electron chi connectivity index (χ4n) is 5.55. The van der Waals surface area contributed by atoms with E-state index in [0.29, 0.717) is 23.5 Å². The van der Waals surface area contributed by atoms with Gasteiger partial charge in [0.1, 0.15) is 71.9 Å². The summed E-state index contributed by atoms with van der Waals surface area (Å²) in [4.78, 5) is 0. The number of aliphatic hydroxyl groups excluding tert-OH is 14. The third-order valence-corrected chi connectivity index (χ3v) is 11.3. The van der Waals surface area contributed by atoms with Gasteiger partial charge < -0.3 is 95.2 Å². The maximum atomic E-state index is 10.9. The average Bonchev–Trinajstić information content (AvgIpc) is 3.03. The lowest BCUT2D eigenvalue weighted by atomic mass is 9.98. The topological polar surface area (TPSA) is 329 Å². The van der Waals surface area contributed by atoms with E-state index in [1.807, 2.05) is 0 Å². The van der Waals surface area contributed by atoms with Crippen LogP contribution in [0.1, 0.15) is 0 Å². The second kappa shape index (κ2) is 16.1. The van der Waals surface area contributed by atoms with Crippen molar-refractivity contribution in [3.63, 3.8) is 0 Å². The first-order valence-corrected chi connectivity index (χ1v) is 16.0. The van der Waals surface area contributed by atoms with Crippen LogP contribution < -0.4 is 0 Å². The van der Waals surface area contributed by atoms with Crippen molar-refractivity contribution in [1.29, 1.82) is 0 Å². The molecule has 14 N–H and O–H groups in total. The Bertz CT molecular complexity index is 920. The fraction of sp³-hybridized carbons (Fsp3) is 1.00. The van der Waals surface area contributed by atoms with E-state index in [4.69, 9.17) is 23.7 Å². The van der Waals surface area contributed by atoms with E-state index in [9.17, 15) is 71.5 Å². The van der Waals surface area contributed by atoms with Gasteiger partial charge in [-0.15, -0.1) is 23.5 Å². The van der Waals surface area contributed by atoms with E-state index in [2.05, 4.69) is 0 Å². The van der Waals surface area contributed by atoms with Crippen molar-refractivity contribution in [1.82, 2.24) is 0 Å². The molecule has 0 spiro atoms. The smallest absolute Gasteiger partial charge is 0.187 e. The minimum absolute atomic E-state index is 0.648. The van der Waals surface area contributed by atoms with Crippen molar-refractivity contribution >= 4 is 23.5 Å². The van der Waals surface area contributed by atoms with Crippen LogP contribution in [0.15, 0.2) is 0 Å². The Hall–Kier alpha value is -0.0600. The van der Waals surface area contributed by atoms with Gasteiger partial charge in [0.05, 0.1) is 61.3 Å². The molecule has 4 heterocycles. The fourth-order valence-corrected chi connectivity index (χ4v) is 8.52. The summed E-state index contributed by atoms with van der Waals surface area (Å²) in [5, 5.41) is 141. The van der Waals surface area contributed by atoms with Crippen molar-refractivity contribution in [2.45, 2.75) is 119 Å². The van der Waals surface area contributed by atoms with Gasteiger partial charge in [-0.25, -0.2) is 0 Å². The lowest BCUT2D eigenvalue weighted by molar-refractivity contribution is -0.320. The Kier molecular flexibility index (Phi) is 13.5. The minimum atomic E-state index is -1.89. The summed E-state index contributed by atoms with van der Waals surface area (Å²) in [7, 11) is 0. The lowest BCUT2D eigenvalue weighted by Gasteiger charge is -2.48. The van der Waals surface area contributed by atoms with Crippen LogP contribution in [0.5, 0.6) is 0 Å². The molecule has 0 aromatic carbocycles. The number of hydrogen-bond donors (Lipinski definition) is 14. The lowest BCUT2D eigenvalue weighted by Crippen LogP contribution is -2.65. The van der Waals surface area contributed by atoms with E-state index in [1.165, 1.54) is 0 Å². The highest BCUT2D eigenvalue weighted by atomic mass is 32.2. The van der Waals surface area contributed by atoms with E-state index in [-0.39, 0.29) is 0 Å². The van der Waals surface area contributed by atoms with E-state index in [1.54, 1.807) is 0 Å². The third-order valence-electron chi connectivity index (χ3n) is 8.20. The SMILES string of the molecule is OC[C@H]1O[C@@H](S[C@H]2[C@H](O)[C@@H](O)[C@H](O[C@H]3[C@H](O)[C@@H](O)[C@H](S[C@H]4[C@H](O)[C@@H](O)[C@H](O)O[C@@H]4CO)O[C@@H]3CO)O[C@@H]2CO)[C@H](O)[C@@H](O)[C@@H]1O. The molecule has 0 amide bonds. The Labute approximate surface area is 264 Å².